The van der Waals surface area contributed by atoms with Crippen molar-refractivity contribution in [2.24, 2.45) is 21.3 Å². The number of pyridine rings is 1. The third-order valence-electron chi connectivity index (χ3n) is 13.1. The number of cyclic esters (lactones) is 1. The number of amides is 3. The number of aromatic nitrogens is 2. The fraction of sp³-hybridized carbons (Fsp3) is 0.444. The van der Waals surface area contributed by atoms with E-state index in [2.05, 4.69) is 100 Å². The molecule has 0 spiro atoms. The summed E-state index contributed by atoms with van der Waals surface area (Å²) in [6, 6.07) is 24.8. The molecule has 6 bridgehead atoms. The summed E-state index contributed by atoms with van der Waals surface area (Å²) in [5.74, 6) is -1.81. The molecule has 0 saturated carbocycles. The molecule has 3 aromatic carbocycles. The van der Waals surface area contributed by atoms with Crippen LogP contribution in [0, 0.1) is 18.3 Å². The molecular weight excluding hydrogens is 841 g/mol. The molecule has 352 valence electrons. The third-order valence-corrected chi connectivity index (χ3v) is 13.1. The second-order valence-electron chi connectivity index (χ2n) is 19.1. The van der Waals surface area contributed by atoms with Crippen LogP contribution >= 0.6 is 0 Å². The lowest BCUT2D eigenvalue weighted by atomic mass is 9.84. The predicted molar refractivity (Wildman–Crippen MR) is 263 cm³/mol. The quantitative estimate of drug-likeness (QED) is 0.0948. The number of benzene rings is 3. The lowest BCUT2D eigenvalue weighted by molar-refractivity contribution is -0.155. The number of hydrazine groups is 1. The molecule has 4 heterocycles. The monoisotopic (exact) mass is 907 g/mol. The summed E-state index contributed by atoms with van der Waals surface area (Å²) < 4.78 is 8.49. The maximum Gasteiger partial charge on any atom is 0.324 e. The van der Waals surface area contributed by atoms with E-state index in [1.54, 1.807) is 7.05 Å². The maximum absolute atomic E-state index is 14.7. The van der Waals surface area contributed by atoms with Gasteiger partial charge < -0.3 is 19.5 Å². The zero-order chi connectivity index (χ0) is 47.8. The van der Waals surface area contributed by atoms with Crippen LogP contribution in [0.25, 0.3) is 33.3 Å². The van der Waals surface area contributed by atoms with Crippen molar-refractivity contribution in [1.82, 2.24) is 30.2 Å². The first kappa shape index (κ1) is 48.5. The van der Waals surface area contributed by atoms with Crippen LogP contribution < -0.4 is 10.7 Å². The van der Waals surface area contributed by atoms with Gasteiger partial charge in [0.25, 0.3) is 5.91 Å². The van der Waals surface area contributed by atoms with Gasteiger partial charge in [-0.15, -0.1) is 0 Å². The first-order valence-electron chi connectivity index (χ1n) is 23.8. The highest BCUT2D eigenvalue weighted by Gasteiger charge is 2.37. The molecule has 1 fully saturated rings. The summed E-state index contributed by atoms with van der Waals surface area (Å²) >= 11 is 0. The average molecular weight is 907 g/mol. The number of carbonyl (C=O) groups is 4. The van der Waals surface area contributed by atoms with Crippen molar-refractivity contribution in [1.29, 1.82) is 0 Å². The molecule has 13 nitrogen and oxygen atoms in total. The molecule has 2 aromatic heterocycles. The fourth-order valence-corrected chi connectivity index (χ4v) is 9.55. The normalized spacial score (nSPS) is 17.8. The number of fused-ring (bicyclic) bond motifs is 6. The van der Waals surface area contributed by atoms with E-state index in [9.17, 15) is 19.2 Å². The number of rotatable bonds is 12. The number of esters is 1. The second-order valence-corrected chi connectivity index (χ2v) is 19.1. The van der Waals surface area contributed by atoms with Gasteiger partial charge >= 0.3 is 5.97 Å². The Bertz CT molecular complexity index is 2680. The van der Waals surface area contributed by atoms with Gasteiger partial charge in [0.15, 0.2) is 0 Å². The molecule has 3 amide bonds. The van der Waals surface area contributed by atoms with Crippen molar-refractivity contribution < 1.29 is 23.9 Å². The van der Waals surface area contributed by atoms with Gasteiger partial charge in [-0.25, -0.2) is 15.4 Å². The van der Waals surface area contributed by atoms with Crippen LogP contribution in [0.15, 0.2) is 95.2 Å². The number of ether oxygens (including phenoxy) is 1. The van der Waals surface area contributed by atoms with E-state index in [1.165, 1.54) is 21.0 Å². The molecule has 13 heteroatoms. The molecule has 0 radical (unpaired) electrons. The standard InChI is InChI=1S/C54H66N8O5/c1-9-38-22-24-55-32-44(38)50-43-30-54(6,7)33-67-53(66)45-19-14-26-62(59-45)52(65)46(28-37-16-13-18-39(27-37)40-20-21-47(42(43)29-40)61(50)10-2)58-51(64)49(35(3)4)60(8)48(63)23-25-56-34-57-31-41-17-12-11-15-36(41)5/h11-13,15-18,20-22,24,27,29,32,35,45-46,49,59H,9-10,14,19,23,25-26,28,30-31,33H2,1-8H3,(H,58,64)/t45-,46-,49-/m0/s1. The van der Waals surface area contributed by atoms with Gasteiger partial charge in [-0.2, -0.15) is 0 Å². The highest BCUT2D eigenvalue weighted by molar-refractivity contribution is 5.96. The van der Waals surface area contributed by atoms with Crippen LogP contribution in [0.2, 0.25) is 0 Å². The molecule has 2 aliphatic heterocycles. The SMILES string of the molecule is CCc1ccncc1-c1c2c3cc(ccc3n1CC)-c1cccc(c1)C[C@H](NC(=O)[C@H](C(C)C)N(C)C(=O)CCN=C=NCc1ccccc1C)C(=O)N1CCC[C@H](N1)C(=O)OCC(C)(C)C2. The molecule has 67 heavy (non-hydrogen) atoms. The molecule has 2 N–H and O–H groups in total. The predicted octanol–water partition coefficient (Wildman–Crippen LogP) is 8.16. The zero-order valence-corrected chi connectivity index (χ0v) is 40.4. The first-order valence-corrected chi connectivity index (χ1v) is 23.8. The van der Waals surface area contributed by atoms with E-state index < -0.39 is 35.4 Å². The summed E-state index contributed by atoms with van der Waals surface area (Å²) in [6.07, 6.45) is 6.59. The Balaban J connectivity index is 1.20. The van der Waals surface area contributed by atoms with E-state index in [0.717, 1.165) is 62.9 Å². The smallest absolute Gasteiger partial charge is 0.324 e. The lowest BCUT2D eigenvalue weighted by Gasteiger charge is -2.36. The molecule has 2 aliphatic rings. The van der Waals surface area contributed by atoms with Crippen LogP contribution in [0.3, 0.4) is 0 Å². The van der Waals surface area contributed by atoms with Gasteiger partial charge in [0.2, 0.25) is 11.8 Å². The number of hydrogen-bond donors (Lipinski definition) is 2. The van der Waals surface area contributed by atoms with Gasteiger partial charge in [0, 0.05) is 67.3 Å². The van der Waals surface area contributed by atoms with Gasteiger partial charge in [-0.3, -0.25) is 29.2 Å². The summed E-state index contributed by atoms with van der Waals surface area (Å²) in [5, 5.41) is 5.64. The number of aliphatic imine (C=N–C) groups is 2. The molecule has 1 saturated heterocycles. The minimum atomic E-state index is -1.02. The lowest BCUT2D eigenvalue weighted by Crippen LogP contribution is -2.62. The minimum absolute atomic E-state index is 0.0579. The Morgan fingerprint density at radius 3 is 2.57 bits per heavy atom. The van der Waals surface area contributed by atoms with Crippen LogP contribution in [-0.4, -0.2) is 94.0 Å². The van der Waals surface area contributed by atoms with E-state index in [1.807, 2.05) is 69.6 Å². The number of nitrogens with zero attached hydrogens (tertiary/aromatic N) is 6. The van der Waals surface area contributed by atoms with Crippen molar-refractivity contribution in [3.63, 3.8) is 0 Å². The molecule has 3 atom stereocenters. The van der Waals surface area contributed by atoms with Crippen LogP contribution in [-0.2, 0) is 56.3 Å². The topological polar surface area (TPSA) is 151 Å². The number of aryl methyl sites for hydroxylation is 3. The van der Waals surface area contributed by atoms with Crippen molar-refractivity contribution in [2.75, 3.05) is 26.7 Å². The summed E-state index contributed by atoms with van der Waals surface area (Å²) in [6.45, 7) is 16.2. The second kappa shape index (κ2) is 21.5. The fourth-order valence-electron chi connectivity index (χ4n) is 9.55. The van der Waals surface area contributed by atoms with Gasteiger partial charge in [0.05, 0.1) is 31.4 Å². The van der Waals surface area contributed by atoms with Crippen LogP contribution in [0.5, 0.6) is 0 Å². The molecule has 0 unspecified atom stereocenters. The highest BCUT2D eigenvalue weighted by Crippen LogP contribution is 2.41. The van der Waals surface area contributed by atoms with E-state index in [0.29, 0.717) is 32.4 Å². The number of nitrogens with one attached hydrogen (secondary N) is 2. The van der Waals surface area contributed by atoms with Gasteiger partial charge in [-0.05, 0) is 103 Å². The Morgan fingerprint density at radius 2 is 1.81 bits per heavy atom. The van der Waals surface area contributed by atoms with Crippen molar-refractivity contribution in [3.05, 3.63) is 113 Å². The van der Waals surface area contributed by atoms with Crippen LogP contribution in [0.1, 0.15) is 88.6 Å². The number of hydrogen-bond acceptors (Lipinski definition) is 9. The highest BCUT2D eigenvalue weighted by atomic mass is 16.5. The average Bonchev–Trinajstić information content (AvgIpc) is 3.62. The van der Waals surface area contributed by atoms with Gasteiger partial charge in [-0.1, -0.05) is 89.2 Å². The Labute approximate surface area is 395 Å². The number of carbonyl (C=O) groups excluding carboxylic acids is 4. The Hall–Kier alpha value is -6.43. The summed E-state index contributed by atoms with van der Waals surface area (Å²) in [4.78, 5) is 71.1. The minimum Gasteiger partial charge on any atom is -0.464 e. The summed E-state index contributed by atoms with van der Waals surface area (Å²) in [7, 11) is 1.61. The van der Waals surface area contributed by atoms with Crippen molar-refractivity contribution in [3.8, 4) is 22.4 Å². The van der Waals surface area contributed by atoms with Crippen molar-refractivity contribution >= 4 is 40.6 Å². The first-order chi connectivity index (χ1) is 32.2. The largest absolute Gasteiger partial charge is 0.464 e. The van der Waals surface area contributed by atoms with E-state index in [-0.39, 0.29) is 43.7 Å². The Morgan fingerprint density at radius 1 is 1.01 bits per heavy atom. The van der Waals surface area contributed by atoms with Crippen LogP contribution in [0.4, 0.5) is 0 Å². The van der Waals surface area contributed by atoms with E-state index >= 15 is 0 Å². The third kappa shape index (κ3) is 11.2. The maximum atomic E-state index is 14.7. The Kier molecular flexibility index (Phi) is 15.5. The number of likely N-dealkylation sites (N-methyl/N-ethyl adjacent to an activating group) is 1. The van der Waals surface area contributed by atoms with Gasteiger partial charge in [0.1, 0.15) is 18.1 Å². The van der Waals surface area contributed by atoms with Crippen molar-refractivity contribution in [2.45, 2.75) is 118 Å². The molecule has 0 aliphatic carbocycles. The van der Waals surface area contributed by atoms with E-state index in [4.69, 9.17) is 4.74 Å². The zero-order valence-electron chi connectivity index (χ0n) is 40.4. The molecular formula is C54H66N8O5. The summed E-state index contributed by atoms with van der Waals surface area (Å²) in [5.41, 5.74) is 13.5. The molecule has 5 aromatic rings. The molecule has 7 rings (SSSR count).